The summed E-state index contributed by atoms with van der Waals surface area (Å²) in [5, 5.41) is 3.85. The van der Waals surface area contributed by atoms with Crippen molar-refractivity contribution >= 4 is 6.08 Å². The SMILES string of the molecule is CCCC[C@H](C)c1nc(-c2ccc(OC/C=C/c3ccc(F)cc3)c(C(F)(F)F)c2)no1. The molecule has 1 atom stereocenters. The first-order valence-corrected chi connectivity index (χ1v) is 10.4. The van der Waals surface area contributed by atoms with Crippen molar-refractivity contribution in [2.45, 2.75) is 45.2 Å². The fraction of sp³-hybridized carbons (Fsp3) is 0.333. The predicted molar refractivity (Wildman–Crippen MR) is 114 cm³/mol. The third-order valence-corrected chi connectivity index (χ3v) is 4.91. The quantitative estimate of drug-likeness (QED) is 0.323. The minimum absolute atomic E-state index is 0.0359. The van der Waals surface area contributed by atoms with E-state index >= 15 is 0 Å². The van der Waals surface area contributed by atoms with Crippen molar-refractivity contribution in [1.29, 1.82) is 0 Å². The summed E-state index contributed by atoms with van der Waals surface area (Å²) in [5.41, 5.74) is -0.0118. The van der Waals surface area contributed by atoms with Gasteiger partial charge in [-0.3, -0.25) is 0 Å². The molecule has 0 saturated carbocycles. The van der Waals surface area contributed by atoms with Crippen molar-refractivity contribution in [3.05, 3.63) is 71.4 Å². The van der Waals surface area contributed by atoms with Crippen molar-refractivity contribution in [1.82, 2.24) is 10.1 Å². The molecule has 0 unspecified atom stereocenters. The Morgan fingerprint density at radius 1 is 1.12 bits per heavy atom. The van der Waals surface area contributed by atoms with Crippen LogP contribution in [-0.4, -0.2) is 16.7 Å². The van der Waals surface area contributed by atoms with Crippen molar-refractivity contribution in [2.24, 2.45) is 0 Å². The molecule has 0 aliphatic carbocycles. The smallest absolute Gasteiger partial charge is 0.419 e. The molecule has 1 heterocycles. The summed E-state index contributed by atoms with van der Waals surface area (Å²) in [4.78, 5) is 4.28. The molecule has 0 radical (unpaired) electrons. The molecule has 0 amide bonds. The van der Waals surface area contributed by atoms with Crippen molar-refractivity contribution in [3.8, 4) is 17.1 Å². The fourth-order valence-electron chi connectivity index (χ4n) is 3.10. The first-order valence-electron chi connectivity index (χ1n) is 10.4. The van der Waals surface area contributed by atoms with Gasteiger partial charge >= 0.3 is 6.18 Å². The maximum absolute atomic E-state index is 13.6. The van der Waals surface area contributed by atoms with Gasteiger partial charge in [0, 0.05) is 11.5 Å². The van der Waals surface area contributed by atoms with Gasteiger partial charge in [-0.05, 0) is 48.4 Å². The van der Waals surface area contributed by atoms with E-state index < -0.39 is 11.7 Å². The van der Waals surface area contributed by atoms with Gasteiger partial charge in [-0.25, -0.2) is 4.39 Å². The molecule has 0 aliphatic heterocycles. The molecule has 0 spiro atoms. The first kappa shape index (κ1) is 23.5. The van der Waals surface area contributed by atoms with E-state index in [-0.39, 0.29) is 35.5 Å². The maximum Gasteiger partial charge on any atom is 0.419 e. The number of aromatic nitrogens is 2. The van der Waals surface area contributed by atoms with Crippen LogP contribution >= 0.6 is 0 Å². The fourth-order valence-corrected chi connectivity index (χ4v) is 3.10. The van der Waals surface area contributed by atoms with E-state index in [4.69, 9.17) is 9.26 Å². The Balaban J connectivity index is 1.75. The van der Waals surface area contributed by atoms with Crippen LogP contribution in [0.25, 0.3) is 17.5 Å². The van der Waals surface area contributed by atoms with Gasteiger partial charge in [-0.2, -0.15) is 18.2 Å². The van der Waals surface area contributed by atoms with Crippen LogP contribution < -0.4 is 4.74 Å². The standard InChI is InChI=1S/C24H24F4N2O2/c1-3-4-6-16(2)23-29-22(30-32-23)18-10-13-21(20(15-18)24(26,27)28)31-14-5-7-17-8-11-19(25)12-9-17/h5,7-13,15-16H,3-4,6,14H2,1-2H3/b7-5+/t16-/m0/s1. The number of hydrogen-bond donors (Lipinski definition) is 0. The normalized spacial score (nSPS) is 12.9. The molecule has 0 saturated heterocycles. The van der Waals surface area contributed by atoms with Crippen LogP contribution in [0.3, 0.4) is 0 Å². The summed E-state index contributed by atoms with van der Waals surface area (Å²) in [6, 6.07) is 9.41. The molecular weight excluding hydrogens is 424 g/mol. The van der Waals surface area contributed by atoms with Crippen molar-refractivity contribution in [2.75, 3.05) is 6.61 Å². The molecular formula is C24H24F4N2O2. The monoisotopic (exact) mass is 448 g/mol. The van der Waals surface area contributed by atoms with Gasteiger partial charge in [0.25, 0.3) is 0 Å². The Morgan fingerprint density at radius 3 is 2.56 bits per heavy atom. The number of hydrogen-bond acceptors (Lipinski definition) is 4. The number of nitrogens with zero attached hydrogens (tertiary/aromatic N) is 2. The van der Waals surface area contributed by atoms with Crippen LogP contribution in [0.15, 0.2) is 53.1 Å². The lowest BCUT2D eigenvalue weighted by Crippen LogP contribution is -2.09. The van der Waals surface area contributed by atoms with E-state index in [2.05, 4.69) is 17.1 Å². The minimum atomic E-state index is -4.62. The molecule has 2 aromatic carbocycles. The molecule has 0 aliphatic rings. The minimum Gasteiger partial charge on any atom is -0.489 e. The molecule has 3 rings (SSSR count). The van der Waals surface area contributed by atoms with Crippen molar-refractivity contribution < 1.29 is 26.8 Å². The van der Waals surface area contributed by atoms with Crippen LogP contribution in [0.1, 0.15) is 56.0 Å². The van der Waals surface area contributed by atoms with Gasteiger partial charge in [-0.15, -0.1) is 0 Å². The number of halogens is 4. The molecule has 3 aromatic rings. The van der Waals surface area contributed by atoms with Crippen LogP contribution in [0, 0.1) is 5.82 Å². The second kappa shape index (κ2) is 10.4. The highest BCUT2D eigenvalue weighted by molar-refractivity contribution is 5.59. The molecule has 0 bridgehead atoms. The van der Waals surface area contributed by atoms with Gasteiger partial charge in [-0.1, -0.05) is 50.1 Å². The van der Waals surface area contributed by atoms with Crippen molar-refractivity contribution in [3.63, 3.8) is 0 Å². The van der Waals surface area contributed by atoms with Gasteiger partial charge in [0.05, 0.1) is 5.56 Å². The molecule has 32 heavy (non-hydrogen) atoms. The van der Waals surface area contributed by atoms with E-state index in [1.807, 2.05) is 6.92 Å². The zero-order chi connectivity index (χ0) is 23.1. The third-order valence-electron chi connectivity index (χ3n) is 4.91. The van der Waals surface area contributed by atoms with E-state index in [9.17, 15) is 17.6 Å². The van der Waals surface area contributed by atoms with E-state index in [0.29, 0.717) is 11.5 Å². The first-order chi connectivity index (χ1) is 15.3. The average molecular weight is 448 g/mol. The van der Waals surface area contributed by atoms with E-state index in [1.165, 1.54) is 24.3 Å². The number of rotatable bonds is 9. The molecule has 1 aromatic heterocycles. The Labute approximate surface area is 183 Å². The maximum atomic E-state index is 13.6. The molecule has 170 valence electrons. The highest BCUT2D eigenvalue weighted by Crippen LogP contribution is 2.38. The summed E-state index contributed by atoms with van der Waals surface area (Å²) in [6.07, 6.45) is 1.47. The lowest BCUT2D eigenvalue weighted by atomic mass is 10.0. The second-order valence-electron chi connectivity index (χ2n) is 7.47. The van der Waals surface area contributed by atoms with Gasteiger partial charge < -0.3 is 9.26 Å². The molecule has 4 nitrogen and oxygen atoms in total. The van der Waals surface area contributed by atoms with E-state index in [1.54, 1.807) is 24.3 Å². The van der Waals surface area contributed by atoms with Gasteiger partial charge in [0.15, 0.2) is 0 Å². The number of ether oxygens (including phenoxy) is 1. The lowest BCUT2D eigenvalue weighted by molar-refractivity contribution is -0.138. The summed E-state index contributed by atoms with van der Waals surface area (Å²) in [5.74, 6) is -0.110. The zero-order valence-corrected chi connectivity index (χ0v) is 17.8. The topological polar surface area (TPSA) is 48.2 Å². The largest absolute Gasteiger partial charge is 0.489 e. The third kappa shape index (κ3) is 6.18. The van der Waals surface area contributed by atoms with Crippen LogP contribution in [0.5, 0.6) is 5.75 Å². The van der Waals surface area contributed by atoms with Gasteiger partial charge in [0.2, 0.25) is 11.7 Å². The Kier molecular flexibility index (Phi) is 7.66. The van der Waals surface area contributed by atoms with Gasteiger partial charge in [0.1, 0.15) is 18.2 Å². The molecule has 8 heteroatoms. The Hall–Kier alpha value is -3.16. The predicted octanol–water partition coefficient (Wildman–Crippen LogP) is 7.28. The van der Waals surface area contributed by atoms with Crippen LogP contribution in [0.4, 0.5) is 17.6 Å². The summed E-state index contributed by atoms with van der Waals surface area (Å²) >= 11 is 0. The summed E-state index contributed by atoms with van der Waals surface area (Å²) in [7, 11) is 0. The highest BCUT2D eigenvalue weighted by Gasteiger charge is 2.35. The average Bonchev–Trinajstić information content (AvgIpc) is 3.26. The van der Waals surface area contributed by atoms with Crippen LogP contribution in [0.2, 0.25) is 0 Å². The van der Waals surface area contributed by atoms with Crippen LogP contribution in [-0.2, 0) is 6.18 Å². The van der Waals surface area contributed by atoms with E-state index in [0.717, 1.165) is 25.3 Å². The Morgan fingerprint density at radius 2 is 1.88 bits per heavy atom. The highest BCUT2D eigenvalue weighted by atomic mass is 19.4. The Bertz CT molecular complexity index is 1040. The molecule has 0 fully saturated rings. The second-order valence-corrected chi connectivity index (χ2v) is 7.47. The zero-order valence-electron chi connectivity index (χ0n) is 17.8. The number of benzene rings is 2. The number of unbranched alkanes of at least 4 members (excludes halogenated alkanes) is 1. The lowest BCUT2D eigenvalue weighted by Gasteiger charge is -2.14. The molecule has 0 N–H and O–H groups in total. The summed E-state index contributed by atoms with van der Waals surface area (Å²) in [6.45, 7) is 3.94. The number of alkyl halides is 3. The summed E-state index contributed by atoms with van der Waals surface area (Å²) < 4.78 is 64.4.